The molecular formula is C10H20N2+2. The largest absolute Gasteiger partial charge is 0.265 e. The van der Waals surface area contributed by atoms with Gasteiger partial charge < -0.3 is 0 Å². The zero-order valence-corrected chi connectivity index (χ0v) is 8.62. The zero-order valence-electron chi connectivity index (χ0n) is 8.62. The highest BCUT2D eigenvalue weighted by atomic mass is 15.4. The van der Waals surface area contributed by atoms with Crippen molar-refractivity contribution in [2.45, 2.75) is 13.8 Å². The van der Waals surface area contributed by atoms with Crippen LogP contribution >= 0.6 is 0 Å². The van der Waals surface area contributed by atoms with Crippen LogP contribution in [0.15, 0.2) is 24.8 Å². The molecular weight excluding hydrogens is 148 g/mol. The van der Waals surface area contributed by atoms with Gasteiger partial charge in [0.05, 0.1) is 27.2 Å². The third-order valence-corrected chi connectivity index (χ3v) is 2.86. The van der Waals surface area contributed by atoms with Gasteiger partial charge >= 0.3 is 0 Å². The average molecular weight is 168 g/mol. The summed E-state index contributed by atoms with van der Waals surface area (Å²) in [5.74, 6) is 0. The van der Waals surface area contributed by atoms with Gasteiger partial charge in [-0.2, -0.15) is 0 Å². The average Bonchev–Trinajstić information content (AvgIpc) is 2.11. The predicted molar refractivity (Wildman–Crippen MR) is 51.7 cm³/mol. The second-order valence-corrected chi connectivity index (χ2v) is 3.92. The smallest absolute Gasteiger partial charge is 0.155 e. The van der Waals surface area contributed by atoms with Crippen LogP contribution in [0.4, 0.5) is 0 Å². The van der Waals surface area contributed by atoms with Crippen molar-refractivity contribution in [1.82, 2.24) is 0 Å². The normalized spacial score (nSPS) is 40.3. The number of nitrogens with zero attached hydrogens (tertiary/aromatic N) is 2. The van der Waals surface area contributed by atoms with Gasteiger partial charge in [0.15, 0.2) is 24.8 Å². The first-order chi connectivity index (χ1) is 5.54. The summed E-state index contributed by atoms with van der Waals surface area (Å²) in [6, 6.07) is 0. The van der Waals surface area contributed by atoms with E-state index in [9.17, 15) is 0 Å². The van der Waals surface area contributed by atoms with Crippen molar-refractivity contribution in [1.29, 1.82) is 0 Å². The van der Waals surface area contributed by atoms with Gasteiger partial charge in [-0.1, -0.05) is 0 Å². The van der Waals surface area contributed by atoms with Gasteiger partial charge in [0.2, 0.25) is 0 Å². The van der Waals surface area contributed by atoms with Crippen molar-refractivity contribution < 1.29 is 8.97 Å². The highest BCUT2D eigenvalue weighted by Crippen LogP contribution is 2.17. The fourth-order valence-electron chi connectivity index (χ4n) is 1.13. The number of quaternary nitrogens is 2. The molecule has 0 atom stereocenters. The summed E-state index contributed by atoms with van der Waals surface area (Å²) in [5, 5.41) is 0. The van der Waals surface area contributed by atoms with Gasteiger partial charge in [-0.15, -0.1) is 0 Å². The molecule has 0 fully saturated rings. The van der Waals surface area contributed by atoms with E-state index in [1.807, 2.05) is 0 Å². The lowest BCUT2D eigenvalue weighted by Gasteiger charge is -2.32. The topological polar surface area (TPSA) is 0 Å². The highest BCUT2D eigenvalue weighted by Gasteiger charge is 2.24. The third-order valence-electron chi connectivity index (χ3n) is 2.86. The van der Waals surface area contributed by atoms with E-state index in [4.69, 9.17) is 0 Å². The summed E-state index contributed by atoms with van der Waals surface area (Å²) in [6.45, 7) is 6.65. The molecule has 0 saturated carbocycles. The van der Waals surface area contributed by atoms with Crippen molar-refractivity contribution in [2.75, 3.05) is 27.2 Å². The maximum atomic E-state index is 2.27. The Kier molecular flexibility index (Phi) is 2.40. The molecule has 0 aromatic heterocycles. The first-order valence-corrected chi connectivity index (χ1v) is 4.64. The molecule has 0 aromatic carbocycles. The number of hydrogen-bond donors (Lipinski definition) is 0. The molecule has 0 bridgehead atoms. The van der Waals surface area contributed by atoms with Crippen LogP contribution in [0.5, 0.6) is 0 Å². The van der Waals surface area contributed by atoms with Gasteiger partial charge in [0.1, 0.15) is 0 Å². The molecule has 0 saturated heterocycles. The summed E-state index contributed by atoms with van der Waals surface area (Å²) in [4.78, 5) is 0. The summed E-state index contributed by atoms with van der Waals surface area (Å²) in [5.41, 5.74) is 0. The molecule has 2 nitrogen and oxygen atoms in total. The Morgan fingerprint density at radius 2 is 1.00 bits per heavy atom. The van der Waals surface area contributed by atoms with Gasteiger partial charge in [-0.25, -0.2) is 0 Å². The van der Waals surface area contributed by atoms with E-state index in [1.165, 1.54) is 0 Å². The van der Waals surface area contributed by atoms with Crippen molar-refractivity contribution in [3.05, 3.63) is 24.8 Å². The molecule has 0 amide bonds. The molecule has 1 rings (SSSR count). The molecule has 0 aromatic rings. The van der Waals surface area contributed by atoms with Crippen LogP contribution in [0.25, 0.3) is 0 Å². The molecule has 0 unspecified atom stereocenters. The minimum atomic E-state index is 0.924. The fourth-order valence-corrected chi connectivity index (χ4v) is 1.13. The Balaban J connectivity index is 2.79. The minimum Gasteiger partial charge on any atom is -0.265 e. The van der Waals surface area contributed by atoms with E-state index in [2.05, 4.69) is 52.7 Å². The molecule has 0 N–H and O–H groups in total. The van der Waals surface area contributed by atoms with Crippen LogP contribution in [-0.2, 0) is 0 Å². The van der Waals surface area contributed by atoms with E-state index < -0.39 is 0 Å². The van der Waals surface area contributed by atoms with Crippen LogP contribution in [-0.4, -0.2) is 36.2 Å². The molecule has 0 radical (unpaired) electrons. The Bertz CT molecular complexity index is 180. The molecule has 0 spiro atoms. The van der Waals surface area contributed by atoms with Gasteiger partial charge in [-0.3, -0.25) is 8.97 Å². The number of hydrogen-bond acceptors (Lipinski definition) is 0. The van der Waals surface area contributed by atoms with Crippen molar-refractivity contribution in [3.63, 3.8) is 0 Å². The van der Waals surface area contributed by atoms with Gasteiger partial charge in [-0.05, 0) is 13.8 Å². The van der Waals surface area contributed by atoms with Crippen LogP contribution < -0.4 is 0 Å². The number of rotatable bonds is 2. The van der Waals surface area contributed by atoms with Crippen molar-refractivity contribution in [2.24, 2.45) is 0 Å². The molecule has 0 aliphatic carbocycles. The molecule has 1 aliphatic heterocycles. The molecule has 2 heteroatoms. The summed E-state index contributed by atoms with van der Waals surface area (Å²) >= 11 is 0. The van der Waals surface area contributed by atoms with E-state index in [1.54, 1.807) is 0 Å². The van der Waals surface area contributed by atoms with Crippen LogP contribution in [0, 0.1) is 0 Å². The lowest BCUT2D eigenvalue weighted by Crippen LogP contribution is -2.41. The van der Waals surface area contributed by atoms with Crippen LogP contribution in [0.1, 0.15) is 13.8 Å². The van der Waals surface area contributed by atoms with Gasteiger partial charge in [0, 0.05) is 0 Å². The third kappa shape index (κ3) is 1.76. The van der Waals surface area contributed by atoms with Crippen molar-refractivity contribution >= 4 is 0 Å². The molecule has 1 heterocycles. The lowest BCUT2D eigenvalue weighted by atomic mass is 10.4. The first-order valence-electron chi connectivity index (χ1n) is 4.64. The SMILES string of the molecule is CC[N+]1(C)C=C[N+](C)(CC)C=C1. The Labute approximate surface area is 75.6 Å². The second kappa shape index (κ2) is 3.04. The Morgan fingerprint density at radius 1 is 0.750 bits per heavy atom. The Morgan fingerprint density at radius 3 is 1.17 bits per heavy atom. The van der Waals surface area contributed by atoms with Crippen LogP contribution in [0.3, 0.4) is 0 Å². The summed E-state index contributed by atoms with van der Waals surface area (Å²) in [7, 11) is 4.43. The Hall–Kier alpha value is -0.600. The highest BCUT2D eigenvalue weighted by molar-refractivity contribution is 4.81. The summed E-state index contributed by atoms with van der Waals surface area (Å²) < 4.78 is 1.85. The van der Waals surface area contributed by atoms with Crippen LogP contribution in [0.2, 0.25) is 0 Å². The minimum absolute atomic E-state index is 0.924. The molecule has 1 aliphatic rings. The van der Waals surface area contributed by atoms with E-state index in [0.717, 1.165) is 22.1 Å². The maximum absolute atomic E-state index is 2.27. The molecule has 68 valence electrons. The summed E-state index contributed by atoms with van der Waals surface area (Å²) in [6.07, 6.45) is 9.07. The zero-order chi connectivity index (χ0) is 9.24. The van der Waals surface area contributed by atoms with E-state index >= 15 is 0 Å². The first kappa shape index (κ1) is 9.49. The van der Waals surface area contributed by atoms with Gasteiger partial charge in [0.25, 0.3) is 0 Å². The molecule has 12 heavy (non-hydrogen) atoms. The second-order valence-electron chi connectivity index (χ2n) is 3.92. The lowest BCUT2D eigenvalue weighted by molar-refractivity contribution is -0.862. The monoisotopic (exact) mass is 168 g/mol. The standard InChI is InChI=1S/C10H20N2/c1-5-11(3)7-9-12(4,6-2)10-8-11/h7-10H,5-6H2,1-4H3/q+2. The van der Waals surface area contributed by atoms with E-state index in [0.29, 0.717) is 0 Å². The quantitative estimate of drug-likeness (QED) is 0.552. The van der Waals surface area contributed by atoms with Crippen molar-refractivity contribution in [3.8, 4) is 0 Å². The fraction of sp³-hybridized carbons (Fsp3) is 0.600. The maximum Gasteiger partial charge on any atom is 0.155 e. The van der Waals surface area contributed by atoms with E-state index in [-0.39, 0.29) is 0 Å². The predicted octanol–water partition coefficient (Wildman–Crippen LogP) is 1.88.